The fourth-order valence-electron chi connectivity index (χ4n) is 8.67. The molecule has 0 radical (unpaired) electrons. The van der Waals surface area contributed by atoms with Crippen molar-refractivity contribution in [1.29, 1.82) is 0 Å². The van der Waals surface area contributed by atoms with E-state index >= 15 is 0 Å². The van der Waals surface area contributed by atoms with Gasteiger partial charge in [0.1, 0.15) is 17.6 Å². The predicted molar refractivity (Wildman–Crippen MR) is 196 cm³/mol. The Bertz CT molecular complexity index is 2280. The minimum atomic E-state index is -0.688. The number of hydrogen-bond donors (Lipinski definition) is 2. The van der Waals surface area contributed by atoms with Crippen LogP contribution in [0.5, 0.6) is 5.75 Å². The van der Waals surface area contributed by atoms with Crippen LogP contribution in [0.3, 0.4) is 0 Å². The lowest BCUT2D eigenvalue weighted by molar-refractivity contribution is -0.135. The number of likely N-dealkylation sites (tertiary alicyclic amines) is 1. The highest BCUT2D eigenvalue weighted by molar-refractivity contribution is 6.06. The fourth-order valence-corrected chi connectivity index (χ4v) is 8.67. The van der Waals surface area contributed by atoms with Crippen molar-refractivity contribution in [3.63, 3.8) is 0 Å². The molecule has 5 heterocycles. The number of carbonyl (C=O) groups is 3. The summed E-state index contributed by atoms with van der Waals surface area (Å²) >= 11 is 0. The number of imidazole rings is 1. The molecule has 3 amide bonds. The molecule has 53 heavy (non-hydrogen) atoms. The third-order valence-corrected chi connectivity index (χ3v) is 11.4. The van der Waals surface area contributed by atoms with Gasteiger partial charge in [-0.1, -0.05) is 12.1 Å². The standard InChI is InChI=1S/C39H43FN8O5/c1-45-36-29(4-3-5-32(36)48(39(45)52)33-10-11-35(49)43-38(33)51)24-12-14-46(15-13-24)21-23-6-8-28(9-7-23)47-22-26-17-31(34(53-2)18-30(26)44-47)42-37(50)25-16-27(40)20-41-19-25/h3-5,16-20,22-24,28,33H,6-15,21H2,1-2H3,(H,42,50)(H,43,49,51). The van der Waals surface area contributed by atoms with Crippen LogP contribution >= 0.6 is 0 Å². The van der Waals surface area contributed by atoms with Gasteiger partial charge in [-0.05, 0) is 93.6 Å². The van der Waals surface area contributed by atoms with Gasteiger partial charge in [0.2, 0.25) is 11.8 Å². The molecule has 8 rings (SSSR count). The topological polar surface area (TPSA) is 145 Å². The highest BCUT2D eigenvalue weighted by Gasteiger charge is 2.33. The molecule has 2 aliphatic heterocycles. The van der Waals surface area contributed by atoms with Gasteiger partial charge >= 0.3 is 5.69 Å². The van der Waals surface area contributed by atoms with Crippen LogP contribution < -0.4 is 21.1 Å². The van der Waals surface area contributed by atoms with Crippen molar-refractivity contribution in [3.8, 4) is 5.75 Å². The number of halogens is 1. The minimum Gasteiger partial charge on any atom is -0.494 e. The van der Waals surface area contributed by atoms with Crippen LogP contribution in [0.25, 0.3) is 21.9 Å². The van der Waals surface area contributed by atoms with Crippen molar-refractivity contribution < 1.29 is 23.5 Å². The number of benzene rings is 2. The Morgan fingerprint density at radius 3 is 2.55 bits per heavy atom. The largest absolute Gasteiger partial charge is 0.494 e. The Hall–Kier alpha value is -5.37. The van der Waals surface area contributed by atoms with Gasteiger partial charge in [0.25, 0.3) is 5.91 Å². The average Bonchev–Trinajstić information content (AvgIpc) is 3.69. The zero-order chi connectivity index (χ0) is 36.8. The van der Waals surface area contributed by atoms with Crippen molar-refractivity contribution >= 4 is 45.3 Å². The highest BCUT2D eigenvalue weighted by atomic mass is 19.1. The van der Waals surface area contributed by atoms with Crippen LogP contribution in [-0.2, 0) is 16.6 Å². The van der Waals surface area contributed by atoms with Crippen molar-refractivity contribution in [3.05, 3.63) is 82.4 Å². The number of methoxy groups -OCH3 is 1. The molecule has 3 aliphatic rings. The number of carbonyl (C=O) groups excluding carboxylic acids is 3. The predicted octanol–water partition coefficient (Wildman–Crippen LogP) is 5.07. The summed E-state index contributed by atoms with van der Waals surface area (Å²) in [5.74, 6) is -0.374. The number of anilines is 1. The van der Waals surface area contributed by atoms with Gasteiger partial charge in [0, 0.05) is 43.9 Å². The lowest BCUT2D eigenvalue weighted by Gasteiger charge is -2.37. The van der Waals surface area contributed by atoms with E-state index in [9.17, 15) is 23.6 Å². The molecule has 3 aromatic heterocycles. The summed E-state index contributed by atoms with van der Waals surface area (Å²) in [6, 6.07) is 10.4. The third-order valence-electron chi connectivity index (χ3n) is 11.4. The molecule has 5 aromatic rings. The second kappa shape index (κ2) is 14.2. The number of ether oxygens (including phenoxy) is 1. The van der Waals surface area contributed by atoms with Crippen molar-refractivity contribution in [2.24, 2.45) is 13.0 Å². The van der Waals surface area contributed by atoms with Gasteiger partial charge in [-0.15, -0.1) is 0 Å². The van der Waals surface area contributed by atoms with Crippen LogP contribution in [0.4, 0.5) is 10.1 Å². The SMILES string of the molecule is COc1cc2nn(C3CCC(CN4CCC(c5cccc6c5n(C)c(=O)n6C5CCC(=O)NC5=O)CC4)CC3)cc2cc1NC(=O)c1cncc(F)c1. The lowest BCUT2D eigenvalue weighted by Crippen LogP contribution is -2.44. The Balaban J connectivity index is 0.880. The monoisotopic (exact) mass is 722 g/mol. The number of aryl methyl sites for hydroxylation is 1. The molecular weight excluding hydrogens is 679 g/mol. The van der Waals surface area contributed by atoms with Gasteiger partial charge in [0.05, 0.1) is 47.1 Å². The number of aromatic nitrogens is 5. The van der Waals surface area contributed by atoms with E-state index in [1.165, 1.54) is 13.3 Å². The van der Waals surface area contributed by atoms with Crippen LogP contribution in [0, 0.1) is 11.7 Å². The lowest BCUT2D eigenvalue weighted by atomic mass is 9.84. The second-order valence-electron chi connectivity index (χ2n) is 14.7. The molecule has 1 aliphatic carbocycles. The zero-order valence-electron chi connectivity index (χ0n) is 29.9. The molecule has 13 nitrogen and oxygen atoms in total. The number of nitrogens with one attached hydrogen (secondary N) is 2. The summed E-state index contributed by atoms with van der Waals surface area (Å²) in [7, 11) is 3.31. The zero-order valence-corrected chi connectivity index (χ0v) is 29.9. The third kappa shape index (κ3) is 6.71. The van der Waals surface area contributed by atoms with Crippen molar-refractivity contribution in [2.45, 2.75) is 69.4 Å². The van der Waals surface area contributed by atoms with E-state index in [2.05, 4.69) is 31.3 Å². The Morgan fingerprint density at radius 2 is 1.81 bits per heavy atom. The van der Waals surface area contributed by atoms with Crippen LogP contribution in [-0.4, -0.2) is 73.3 Å². The molecule has 2 saturated heterocycles. The van der Waals surface area contributed by atoms with E-state index in [0.717, 1.165) is 97.9 Å². The molecular formula is C39H43FN8O5. The van der Waals surface area contributed by atoms with Gasteiger partial charge in [-0.3, -0.25) is 38.5 Å². The van der Waals surface area contributed by atoms with Crippen LogP contribution in [0.1, 0.15) is 85.3 Å². The van der Waals surface area contributed by atoms with Crippen LogP contribution in [0.15, 0.2) is 59.8 Å². The molecule has 1 saturated carbocycles. The molecule has 0 bridgehead atoms. The molecule has 0 spiro atoms. The van der Waals surface area contributed by atoms with E-state index in [0.29, 0.717) is 29.7 Å². The van der Waals surface area contributed by atoms with E-state index < -0.39 is 23.7 Å². The van der Waals surface area contributed by atoms with Crippen molar-refractivity contribution in [2.75, 3.05) is 32.1 Å². The first-order chi connectivity index (χ1) is 25.7. The van der Waals surface area contributed by atoms with Crippen LogP contribution in [0.2, 0.25) is 0 Å². The van der Waals surface area contributed by atoms with E-state index in [-0.39, 0.29) is 29.6 Å². The van der Waals surface area contributed by atoms with Gasteiger partial charge in [0.15, 0.2) is 0 Å². The van der Waals surface area contributed by atoms with E-state index in [1.54, 1.807) is 16.2 Å². The molecule has 3 fully saturated rings. The summed E-state index contributed by atoms with van der Waals surface area (Å²) in [4.78, 5) is 57.0. The molecule has 14 heteroatoms. The number of fused-ring (bicyclic) bond motifs is 2. The summed E-state index contributed by atoms with van der Waals surface area (Å²) in [5.41, 5.74) is 3.93. The quantitative estimate of drug-likeness (QED) is 0.211. The van der Waals surface area contributed by atoms with Gasteiger partial charge < -0.3 is 15.0 Å². The summed E-state index contributed by atoms with van der Waals surface area (Å²) in [6.45, 7) is 3.05. The van der Waals surface area contributed by atoms with Gasteiger partial charge in [-0.2, -0.15) is 5.10 Å². The maximum absolute atomic E-state index is 13.6. The van der Waals surface area contributed by atoms with E-state index in [4.69, 9.17) is 9.84 Å². The van der Waals surface area contributed by atoms with E-state index in [1.807, 2.05) is 30.5 Å². The minimum absolute atomic E-state index is 0.119. The fraction of sp³-hybridized carbons (Fsp3) is 0.436. The summed E-state index contributed by atoms with van der Waals surface area (Å²) in [5, 5.41) is 11.0. The highest BCUT2D eigenvalue weighted by Crippen LogP contribution is 2.38. The average molecular weight is 723 g/mol. The first-order valence-electron chi connectivity index (χ1n) is 18.4. The second-order valence-corrected chi connectivity index (χ2v) is 14.7. The number of amides is 3. The number of para-hydroxylation sites is 1. The number of rotatable bonds is 8. The van der Waals surface area contributed by atoms with Crippen molar-refractivity contribution in [1.82, 2.24) is 34.1 Å². The normalized spacial score (nSPS) is 21.6. The van der Waals surface area contributed by atoms with Gasteiger partial charge in [-0.25, -0.2) is 9.18 Å². The molecule has 2 aromatic carbocycles. The maximum atomic E-state index is 13.6. The summed E-state index contributed by atoms with van der Waals surface area (Å²) in [6.07, 6.45) is 11.2. The Kier molecular flexibility index (Phi) is 9.31. The Labute approximate surface area is 305 Å². The number of hydrogen-bond acceptors (Lipinski definition) is 8. The molecule has 1 atom stereocenters. The molecule has 276 valence electrons. The Morgan fingerprint density at radius 1 is 1.02 bits per heavy atom. The number of pyridine rings is 1. The smallest absolute Gasteiger partial charge is 0.329 e. The first kappa shape index (κ1) is 34.7. The number of nitrogens with zero attached hydrogens (tertiary/aromatic N) is 6. The molecule has 1 unspecified atom stereocenters. The number of imide groups is 1. The number of piperidine rings is 2. The first-order valence-corrected chi connectivity index (χ1v) is 18.4. The molecule has 2 N–H and O–H groups in total. The maximum Gasteiger partial charge on any atom is 0.329 e. The summed E-state index contributed by atoms with van der Waals surface area (Å²) < 4.78 is 24.5.